The van der Waals surface area contributed by atoms with Crippen LogP contribution in [0.2, 0.25) is 0 Å². The molecule has 2 N–H and O–H groups in total. The molecule has 0 saturated carbocycles. The summed E-state index contributed by atoms with van der Waals surface area (Å²) in [6.45, 7) is 4.91. The van der Waals surface area contributed by atoms with Gasteiger partial charge in [0.25, 0.3) is 5.91 Å². The first kappa shape index (κ1) is 19.4. The van der Waals surface area contributed by atoms with Gasteiger partial charge in [0, 0.05) is 12.6 Å². The SMILES string of the molecule is CCOc1ccccc1NC(=O)c1cc(NCCc2ccccc2)nc(C)n1. The Morgan fingerprint density at radius 3 is 2.57 bits per heavy atom. The molecule has 28 heavy (non-hydrogen) atoms. The highest BCUT2D eigenvalue weighted by Gasteiger charge is 2.13. The fourth-order valence-corrected chi connectivity index (χ4v) is 2.79. The van der Waals surface area contributed by atoms with Crippen molar-refractivity contribution in [3.8, 4) is 5.75 Å². The Balaban J connectivity index is 1.67. The van der Waals surface area contributed by atoms with Crippen LogP contribution in [0.25, 0.3) is 0 Å². The summed E-state index contributed by atoms with van der Waals surface area (Å²) in [5.41, 5.74) is 2.16. The van der Waals surface area contributed by atoms with Gasteiger partial charge in [0.1, 0.15) is 23.1 Å². The average Bonchev–Trinajstić information content (AvgIpc) is 2.70. The molecule has 3 rings (SSSR count). The lowest BCUT2D eigenvalue weighted by atomic mass is 10.1. The molecule has 2 aromatic carbocycles. The van der Waals surface area contributed by atoms with E-state index < -0.39 is 0 Å². The van der Waals surface area contributed by atoms with Crippen molar-refractivity contribution in [2.75, 3.05) is 23.8 Å². The van der Waals surface area contributed by atoms with Gasteiger partial charge in [-0.25, -0.2) is 9.97 Å². The van der Waals surface area contributed by atoms with E-state index in [-0.39, 0.29) is 5.91 Å². The minimum atomic E-state index is -0.302. The summed E-state index contributed by atoms with van der Waals surface area (Å²) in [5.74, 6) is 1.49. The fraction of sp³-hybridized carbons (Fsp3) is 0.227. The lowest BCUT2D eigenvalue weighted by Crippen LogP contribution is -2.17. The number of benzene rings is 2. The summed E-state index contributed by atoms with van der Waals surface area (Å²) in [6.07, 6.45) is 0.868. The van der Waals surface area contributed by atoms with E-state index >= 15 is 0 Å². The summed E-state index contributed by atoms with van der Waals surface area (Å²) in [6, 6.07) is 19.2. The Morgan fingerprint density at radius 2 is 1.79 bits per heavy atom. The molecule has 144 valence electrons. The smallest absolute Gasteiger partial charge is 0.274 e. The van der Waals surface area contributed by atoms with Crippen molar-refractivity contribution >= 4 is 17.4 Å². The average molecular weight is 376 g/mol. The molecule has 6 heteroatoms. The van der Waals surface area contributed by atoms with Gasteiger partial charge < -0.3 is 15.4 Å². The summed E-state index contributed by atoms with van der Waals surface area (Å²) in [7, 11) is 0. The Labute approximate surface area is 165 Å². The Morgan fingerprint density at radius 1 is 1.04 bits per heavy atom. The number of rotatable bonds is 8. The van der Waals surface area contributed by atoms with Gasteiger partial charge in [-0.05, 0) is 38.0 Å². The van der Waals surface area contributed by atoms with Crippen LogP contribution in [-0.4, -0.2) is 29.0 Å². The zero-order chi connectivity index (χ0) is 19.8. The predicted octanol–water partition coefficient (Wildman–Crippen LogP) is 4.09. The van der Waals surface area contributed by atoms with Crippen molar-refractivity contribution in [2.24, 2.45) is 0 Å². The highest BCUT2D eigenvalue weighted by atomic mass is 16.5. The van der Waals surface area contributed by atoms with Gasteiger partial charge >= 0.3 is 0 Å². The van der Waals surface area contributed by atoms with E-state index in [4.69, 9.17) is 4.74 Å². The van der Waals surface area contributed by atoms with Crippen LogP contribution in [0.3, 0.4) is 0 Å². The first-order chi connectivity index (χ1) is 13.7. The Bertz CT molecular complexity index is 929. The summed E-state index contributed by atoms with van der Waals surface area (Å²) in [5, 5.41) is 6.14. The quantitative estimate of drug-likeness (QED) is 0.619. The molecule has 0 unspecified atom stereocenters. The minimum Gasteiger partial charge on any atom is -0.492 e. The molecule has 0 saturated heterocycles. The molecule has 1 heterocycles. The predicted molar refractivity (Wildman–Crippen MR) is 111 cm³/mol. The molecule has 1 amide bonds. The van der Waals surface area contributed by atoms with Crippen LogP contribution in [0.1, 0.15) is 28.8 Å². The second kappa shape index (κ2) is 9.50. The molecule has 0 fully saturated rings. The van der Waals surface area contributed by atoms with E-state index in [1.54, 1.807) is 19.1 Å². The number of nitrogens with one attached hydrogen (secondary N) is 2. The number of hydrogen-bond donors (Lipinski definition) is 2. The van der Waals surface area contributed by atoms with E-state index in [1.807, 2.05) is 43.3 Å². The van der Waals surface area contributed by atoms with Crippen molar-refractivity contribution in [2.45, 2.75) is 20.3 Å². The first-order valence-corrected chi connectivity index (χ1v) is 9.32. The molecule has 0 atom stereocenters. The molecule has 0 radical (unpaired) electrons. The van der Waals surface area contributed by atoms with Crippen LogP contribution in [0.4, 0.5) is 11.5 Å². The van der Waals surface area contributed by atoms with Gasteiger partial charge in [-0.1, -0.05) is 42.5 Å². The molecule has 0 aliphatic heterocycles. The van der Waals surface area contributed by atoms with Gasteiger partial charge in [-0.3, -0.25) is 4.79 Å². The van der Waals surface area contributed by atoms with Crippen molar-refractivity contribution in [1.82, 2.24) is 9.97 Å². The number of aromatic nitrogens is 2. The number of hydrogen-bond acceptors (Lipinski definition) is 5. The Hall–Kier alpha value is -3.41. The van der Waals surface area contributed by atoms with Crippen LogP contribution >= 0.6 is 0 Å². The summed E-state index contributed by atoms with van der Waals surface area (Å²) in [4.78, 5) is 21.3. The number of carbonyl (C=O) groups excluding carboxylic acids is 1. The second-order valence-electron chi connectivity index (χ2n) is 6.23. The van der Waals surface area contributed by atoms with Gasteiger partial charge in [0.2, 0.25) is 0 Å². The number of para-hydroxylation sites is 2. The van der Waals surface area contributed by atoms with E-state index in [2.05, 4.69) is 32.7 Å². The largest absolute Gasteiger partial charge is 0.492 e. The summed E-state index contributed by atoms with van der Waals surface area (Å²) < 4.78 is 5.56. The van der Waals surface area contributed by atoms with Crippen LogP contribution in [0.5, 0.6) is 5.75 Å². The standard InChI is InChI=1S/C22H24N4O2/c1-3-28-20-12-8-7-11-18(20)26-22(27)19-15-21(25-16(2)24-19)23-14-13-17-9-5-4-6-10-17/h4-12,15H,3,13-14H2,1-2H3,(H,26,27)(H,23,24,25). The minimum absolute atomic E-state index is 0.302. The maximum Gasteiger partial charge on any atom is 0.274 e. The van der Waals surface area contributed by atoms with Crippen molar-refractivity contribution in [3.63, 3.8) is 0 Å². The first-order valence-electron chi connectivity index (χ1n) is 9.32. The number of ether oxygens (including phenoxy) is 1. The third-order valence-corrected chi connectivity index (χ3v) is 4.07. The van der Waals surface area contributed by atoms with Gasteiger partial charge in [0.05, 0.1) is 12.3 Å². The van der Waals surface area contributed by atoms with Crippen LogP contribution < -0.4 is 15.4 Å². The maximum absolute atomic E-state index is 12.7. The van der Waals surface area contributed by atoms with E-state index in [0.717, 1.165) is 6.42 Å². The lowest BCUT2D eigenvalue weighted by molar-refractivity contribution is 0.102. The number of aryl methyl sites for hydroxylation is 1. The molecule has 3 aromatic rings. The third-order valence-electron chi connectivity index (χ3n) is 4.07. The third kappa shape index (κ3) is 5.30. The lowest BCUT2D eigenvalue weighted by Gasteiger charge is -2.12. The van der Waals surface area contributed by atoms with Gasteiger partial charge in [-0.15, -0.1) is 0 Å². The zero-order valence-electron chi connectivity index (χ0n) is 16.1. The van der Waals surface area contributed by atoms with Crippen LogP contribution in [0, 0.1) is 6.92 Å². The number of nitrogens with zero attached hydrogens (tertiary/aromatic N) is 2. The molecule has 0 aliphatic carbocycles. The molecule has 0 bridgehead atoms. The van der Waals surface area contributed by atoms with Crippen LogP contribution in [0.15, 0.2) is 60.7 Å². The normalized spacial score (nSPS) is 10.4. The zero-order valence-corrected chi connectivity index (χ0v) is 16.1. The maximum atomic E-state index is 12.7. The summed E-state index contributed by atoms with van der Waals surface area (Å²) >= 11 is 0. The Kier molecular flexibility index (Phi) is 6.57. The monoisotopic (exact) mass is 376 g/mol. The van der Waals surface area contributed by atoms with E-state index in [0.29, 0.717) is 41.9 Å². The van der Waals surface area contributed by atoms with Crippen molar-refractivity contribution in [3.05, 3.63) is 77.7 Å². The molecule has 1 aromatic heterocycles. The number of carbonyl (C=O) groups is 1. The molecular formula is C22H24N4O2. The molecule has 0 aliphatic rings. The molecule has 0 spiro atoms. The highest BCUT2D eigenvalue weighted by molar-refractivity contribution is 6.04. The van der Waals surface area contributed by atoms with E-state index in [9.17, 15) is 4.79 Å². The number of amides is 1. The number of anilines is 2. The fourth-order valence-electron chi connectivity index (χ4n) is 2.79. The van der Waals surface area contributed by atoms with Gasteiger partial charge in [0.15, 0.2) is 0 Å². The topological polar surface area (TPSA) is 76.1 Å². The molecule has 6 nitrogen and oxygen atoms in total. The van der Waals surface area contributed by atoms with E-state index in [1.165, 1.54) is 5.56 Å². The van der Waals surface area contributed by atoms with Crippen LogP contribution in [-0.2, 0) is 6.42 Å². The molecular weight excluding hydrogens is 352 g/mol. The second-order valence-corrected chi connectivity index (χ2v) is 6.23. The highest BCUT2D eigenvalue weighted by Crippen LogP contribution is 2.24. The van der Waals surface area contributed by atoms with Gasteiger partial charge in [-0.2, -0.15) is 0 Å². The van der Waals surface area contributed by atoms with Crippen molar-refractivity contribution in [1.29, 1.82) is 0 Å². The van der Waals surface area contributed by atoms with Crippen molar-refractivity contribution < 1.29 is 9.53 Å².